The first-order chi connectivity index (χ1) is 16.4. The number of nitrogens with one attached hydrogen (secondary N) is 1. The fraction of sp³-hybridized carbons (Fsp3) is 0.481. The summed E-state index contributed by atoms with van der Waals surface area (Å²) in [4.78, 5) is 27.9. The molecule has 0 aliphatic carbocycles. The topological polar surface area (TPSA) is 86.8 Å². The summed E-state index contributed by atoms with van der Waals surface area (Å²) in [5.74, 6) is -0.354. The lowest BCUT2D eigenvalue weighted by atomic mass is 10.1. The van der Waals surface area contributed by atoms with Crippen LogP contribution in [0.25, 0.3) is 0 Å². The van der Waals surface area contributed by atoms with Crippen LogP contribution in [-0.4, -0.2) is 50.0 Å². The van der Waals surface area contributed by atoms with Crippen molar-refractivity contribution >= 4 is 27.5 Å². The van der Waals surface area contributed by atoms with Gasteiger partial charge in [0.1, 0.15) is 6.04 Å². The van der Waals surface area contributed by atoms with E-state index in [2.05, 4.69) is 5.32 Å². The molecule has 35 heavy (non-hydrogen) atoms. The molecule has 2 aromatic carbocycles. The van der Waals surface area contributed by atoms with Crippen molar-refractivity contribution in [1.29, 1.82) is 0 Å². The molecule has 0 saturated carbocycles. The Morgan fingerprint density at radius 3 is 2.20 bits per heavy atom. The molecule has 0 saturated heterocycles. The summed E-state index contributed by atoms with van der Waals surface area (Å²) in [5.41, 5.74) is 3.61. The lowest BCUT2D eigenvalue weighted by Gasteiger charge is -2.31. The van der Waals surface area contributed by atoms with Crippen LogP contribution in [0.1, 0.15) is 56.7 Å². The van der Waals surface area contributed by atoms with E-state index in [0.717, 1.165) is 16.7 Å². The molecule has 1 atom stereocenters. The summed E-state index contributed by atoms with van der Waals surface area (Å²) in [6.07, 6.45) is 2.13. The SMILES string of the molecule is CC[C@@H](C(=O)NC(C)C)N(Cc1ccccc1)C(=O)CCCN(c1ccc(C)c(C)c1)S(C)(=O)=O. The molecule has 0 spiro atoms. The van der Waals surface area contributed by atoms with Gasteiger partial charge in [-0.25, -0.2) is 8.42 Å². The Kier molecular flexibility index (Phi) is 10.3. The molecule has 1 N–H and O–H groups in total. The molecule has 192 valence electrons. The van der Waals surface area contributed by atoms with E-state index in [1.807, 2.05) is 77.1 Å². The van der Waals surface area contributed by atoms with E-state index in [4.69, 9.17) is 0 Å². The highest BCUT2D eigenvalue weighted by atomic mass is 32.2. The maximum atomic E-state index is 13.4. The van der Waals surface area contributed by atoms with Crippen molar-refractivity contribution in [2.24, 2.45) is 0 Å². The van der Waals surface area contributed by atoms with Crippen molar-refractivity contribution in [3.8, 4) is 0 Å². The Labute approximate surface area is 210 Å². The second-order valence-electron chi connectivity index (χ2n) is 9.30. The lowest BCUT2D eigenvalue weighted by Crippen LogP contribution is -2.50. The number of sulfonamides is 1. The van der Waals surface area contributed by atoms with Crippen molar-refractivity contribution in [3.63, 3.8) is 0 Å². The summed E-state index contributed by atoms with van der Waals surface area (Å²) in [6.45, 7) is 10.1. The number of hydrogen-bond donors (Lipinski definition) is 1. The minimum Gasteiger partial charge on any atom is -0.352 e. The van der Waals surface area contributed by atoms with Gasteiger partial charge in [-0.15, -0.1) is 0 Å². The Morgan fingerprint density at radius 1 is 1.00 bits per heavy atom. The number of anilines is 1. The number of benzene rings is 2. The molecule has 0 aliphatic rings. The summed E-state index contributed by atoms with van der Waals surface area (Å²) >= 11 is 0. The maximum Gasteiger partial charge on any atom is 0.243 e. The van der Waals surface area contributed by atoms with Gasteiger partial charge in [0.05, 0.1) is 11.9 Å². The Hall–Kier alpha value is -2.87. The molecule has 0 aromatic heterocycles. The predicted octanol–water partition coefficient (Wildman–Crippen LogP) is 4.18. The first kappa shape index (κ1) is 28.4. The van der Waals surface area contributed by atoms with Crippen LogP contribution in [0.2, 0.25) is 0 Å². The molecular weight excluding hydrogens is 462 g/mol. The number of carbonyl (C=O) groups is 2. The zero-order chi connectivity index (χ0) is 26.2. The quantitative estimate of drug-likeness (QED) is 0.473. The van der Waals surface area contributed by atoms with Crippen LogP contribution < -0.4 is 9.62 Å². The summed E-state index contributed by atoms with van der Waals surface area (Å²) in [7, 11) is -3.52. The minimum atomic E-state index is -3.52. The van der Waals surface area contributed by atoms with Crippen molar-refractivity contribution in [1.82, 2.24) is 10.2 Å². The summed E-state index contributed by atoms with van der Waals surface area (Å²) in [5, 5.41) is 2.92. The molecule has 8 heteroatoms. The van der Waals surface area contributed by atoms with Gasteiger partial charge < -0.3 is 10.2 Å². The zero-order valence-electron chi connectivity index (χ0n) is 21.7. The zero-order valence-corrected chi connectivity index (χ0v) is 22.6. The molecule has 0 unspecified atom stereocenters. The largest absolute Gasteiger partial charge is 0.352 e. The van der Waals surface area contributed by atoms with Crippen LogP contribution in [0, 0.1) is 13.8 Å². The molecule has 0 heterocycles. The van der Waals surface area contributed by atoms with E-state index >= 15 is 0 Å². The van der Waals surface area contributed by atoms with Crippen molar-refractivity contribution in [3.05, 3.63) is 65.2 Å². The van der Waals surface area contributed by atoms with E-state index in [-0.39, 0.29) is 30.8 Å². The van der Waals surface area contributed by atoms with Crippen molar-refractivity contribution in [2.75, 3.05) is 17.1 Å². The summed E-state index contributed by atoms with van der Waals surface area (Å²) < 4.78 is 26.4. The molecule has 2 amide bonds. The van der Waals surface area contributed by atoms with E-state index in [9.17, 15) is 18.0 Å². The van der Waals surface area contributed by atoms with Gasteiger partial charge in [0.2, 0.25) is 21.8 Å². The monoisotopic (exact) mass is 501 g/mol. The Morgan fingerprint density at radius 2 is 1.66 bits per heavy atom. The van der Waals surface area contributed by atoms with Crippen LogP contribution in [0.5, 0.6) is 0 Å². The van der Waals surface area contributed by atoms with Crippen LogP contribution in [0.4, 0.5) is 5.69 Å². The Bertz CT molecular complexity index is 1100. The second kappa shape index (κ2) is 12.7. The van der Waals surface area contributed by atoms with Gasteiger partial charge in [-0.2, -0.15) is 0 Å². The maximum absolute atomic E-state index is 13.4. The fourth-order valence-electron chi connectivity index (χ4n) is 3.96. The highest BCUT2D eigenvalue weighted by Gasteiger charge is 2.29. The summed E-state index contributed by atoms with van der Waals surface area (Å²) in [6, 6.07) is 14.5. The lowest BCUT2D eigenvalue weighted by molar-refractivity contribution is -0.141. The molecule has 7 nitrogen and oxygen atoms in total. The van der Waals surface area contributed by atoms with Gasteiger partial charge in [-0.05, 0) is 69.4 Å². The second-order valence-corrected chi connectivity index (χ2v) is 11.2. The van der Waals surface area contributed by atoms with Gasteiger partial charge in [-0.1, -0.05) is 43.3 Å². The van der Waals surface area contributed by atoms with Gasteiger partial charge in [-0.3, -0.25) is 13.9 Å². The van der Waals surface area contributed by atoms with E-state index in [1.54, 1.807) is 11.0 Å². The van der Waals surface area contributed by atoms with Crippen LogP contribution in [-0.2, 0) is 26.2 Å². The molecule has 0 bridgehead atoms. The smallest absolute Gasteiger partial charge is 0.243 e. The number of aryl methyl sites for hydroxylation is 2. The Balaban J connectivity index is 2.20. The molecule has 2 aromatic rings. The third-order valence-corrected chi connectivity index (χ3v) is 7.14. The van der Waals surface area contributed by atoms with E-state index in [0.29, 0.717) is 25.1 Å². The number of amides is 2. The number of rotatable bonds is 12. The first-order valence-electron chi connectivity index (χ1n) is 12.1. The van der Waals surface area contributed by atoms with Gasteiger partial charge in [0.15, 0.2) is 0 Å². The normalized spacial score (nSPS) is 12.3. The van der Waals surface area contributed by atoms with Crippen LogP contribution in [0.15, 0.2) is 48.5 Å². The first-order valence-corrected chi connectivity index (χ1v) is 14.0. The number of carbonyl (C=O) groups excluding carboxylic acids is 2. The number of nitrogens with zero attached hydrogens (tertiary/aromatic N) is 2. The highest BCUT2D eigenvalue weighted by Crippen LogP contribution is 2.22. The molecule has 0 radical (unpaired) electrons. The van der Waals surface area contributed by atoms with Gasteiger partial charge >= 0.3 is 0 Å². The molecule has 0 fully saturated rings. The minimum absolute atomic E-state index is 0.0356. The predicted molar refractivity (Wildman–Crippen MR) is 142 cm³/mol. The fourth-order valence-corrected chi connectivity index (χ4v) is 4.92. The van der Waals surface area contributed by atoms with Gasteiger partial charge in [0.25, 0.3) is 0 Å². The third kappa shape index (κ3) is 8.38. The van der Waals surface area contributed by atoms with Crippen molar-refractivity contribution < 1.29 is 18.0 Å². The van der Waals surface area contributed by atoms with Crippen molar-refractivity contribution in [2.45, 2.75) is 72.5 Å². The van der Waals surface area contributed by atoms with Crippen LogP contribution >= 0.6 is 0 Å². The average Bonchev–Trinajstić information content (AvgIpc) is 2.78. The van der Waals surface area contributed by atoms with E-state index in [1.165, 1.54) is 10.6 Å². The highest BCUT2D eigenvalue weighted by molar-refractivity contribution is 7.92. The average molecular weight is 502 g/mol. The molecule has 0 aliphatic heterocycles. The van der Waals surface area contributed by atoms with Gasteiger partial charge in [0, 0.05) is 25.6 Å². The molecular formula is C27H39N3O4S. The standard InChI is InChI=1S/C27H39N3O4S/c1-7-25(27(32)28-20(2)3)29(19-23-12-9-8-10-13-23)26(31)14-11-17-30(35(6,33)34)24-16-15-21(4)22(5)18-24/h8-10,12-13,15-16,18,20,25H,7,11,14,17,19H2,1-6H3,(H,28,32)/t25-/m0/s1. The van der Waals surface area contributed by atoms with Crippen LogP contribution in [0.3, 0.4) is 0 Å². The third-order valence-electron chi connectivity index (χ3n) is 5.94. The van der Waals surface area contributed by atoms with E-state index < -0.39 is 16.1 Å². The molecule has 2 rings (SSSR count). The number of hydrogen-bond acceptors (Lipinski definition) is 4.